The largest absolute Gasteiger partial charge is 0.389 e. The van der Waals surface area contributed by atoms with Gasteiger partial charge in [0.05, 0.1) is 51.8 Å². The summed E-state index contributed by atoms with van der Waals surface area (Å²) in [5.74, 6) is -1.15. The van der Waals surface area contributed by atoms with E-state index in [1.807, 2.05) is 27.7 Å². The zero-order chi connectivity index (χ0) is 25.7. The number of rotatable bonds is 19. The van der Waals surface area contributed by atoms with E-state index in [-0.39, 0.29) is 25.4 Å². The summed E-state index contributed by atoms with van der Waals surface area (Å²) in [6.07, 6.45) is 5.65. The molecule has 9 heteroatoms. The summed E-state index contributed by atoms with van der Waals surface area (Å²) >= 11 is 0. The fourth-order valence-electron chi connectivity index (χ4n) is 4.44. The third kappa shape index (κ3) is 13.7. The second kappa shape index (κ2) is 15.8. The summed E-state index contributed by atoms with van der Waals surface area (Å²) in [7, 11) is 0. The molecule has 0 spiro atoms. The minimum atomic E-state index is -0.648. The van der Waals surface area contributed by atoms with E-state index in [1.54, 1.807) is 0 Å². The molecule has 0 aromatic carbocycles. The van der Waals surface area contributed by atoms with Crippen LogP contribution in [0.25, 0.3) is 0 Å². The molecule has 35 heavy (non-hydrogen) atoms. The molecule has 2 saturated heterocycles. The SMILES string of the molecule is CCCCCCCCN(CC(O)COCC1COC(C)(C)O1)CC(O)COCC1COC(C)(C)O1. The van der Waals surface area contributed by atoms with Gasteiger partial charge in [-0.2, -0.15) is 0 Å². The Hall–Kier alpha value is -0.360. The predicted octanol–water partition coefficient (Wildman–Crippen LogP) is 2.71. The van der Waals surface area contributed by atoms with Crippen molar-refractivity contribution in [3.8, 4) is 0 Å². The molecular weight excluding hydrogens is 454 g/mol. The van der Waals surface area contributed by atoms with Crippen molar-refractivity contribution in [1.29, 1.82) is 0 Å². The van der Waals surface area contributed by atoms with Gasteiger partial charge in [-0.05, 0) is 40.7 Å². The average molecular weight is 506 g/mol. The first-order valence-corrected chi connectivity index (χ1v) is 13.5. The lowest BCUT2D eigenvalue weighted by Crippen LogP contribution is -2.42. The zero-order valence-corrected chi connectivity index (χ0v) is 22.7. The number of hydrogen-bond donors (Lipinski definition) is 2. The first-order valence-electron chi connectivity index (χ1n) is 13.5. The number of ether oxygens (including phenoxy) is 6. The van der Waals surface area contributed by atoms with Crippen molar-refractivity contribution in [2.24, 2.45) is 0 Å². The number of hydrogen-bond acceptors (Lipinski definition) is 9. The lowest BCUT2D eigenvalue weighted by atomic mass is 10.1. The fraction of sp³-hybridized carbons (Fsp3) is 1.00. The van der Waals surface area contributed by atoms with Crippen LogP contribution in [0, 0.1) is 0 Å². The summed E-state index contributed by atoms with van der Waals surface area (Å²) in [5.41, 5.74) is 0. The van der Waals surface area contributed by atoms with Gasteiger partial charge in [0.25, 0.3) is 0 Å². The molecule has 0 radical (unpaired) electrons. The maximum Gasteiger partial charge on any atom is 0.163 e. The molecule has 2 N–H and O–H groups in total. The zero-order valence-electron chi connectivity index (χ0n) is 22.7. The van der Waals surface area contributed by atoms with Crippen LogP contribution in [0.2, 0.25) is 0 Å². The first-order chi connectivity index (χ1) is 16.6. The van der Waals surface area contributed by atoms with E-state index in [0.29, 0.717) is 39.5 Å². The van der Waals surface area contributed by atoms with Crippen LogP contribution in [0.1, 0.15) is 73.1 Å². The van der Waals surface area contributed by atoms with Crippen molar-refractivity contribution in [2.45, 2.75) is 109 Å². The molecule has 0 aromatic rings. The average Bonchev–Trinajstić information content (AvgIpc) is 3.30. The molecule has 0 saturated carbocycles. The van der Waals surface area contributed by atoms with Gasteiger partial charge in [0, 0.05) is 13.1 Å². The number of aliphatic hydroxyl groups excluding tert-OH is 2. The van der Waals surface area contributed by atoms with Crippen LogP contribution in [0.4, 0.5) is 0 Å². The lowest BCUT2D eigenvalue weighted by molar-refractivity contribution is -0.146. The molecule has 0 amide bonds. The molecule has 4 atom stereocenters. The Balaban J connectivity index is 1.69. The second-order valence-electron chi connectivity index (χ2n) is 10.8. The van der Waals surface area contributed by atoms with Crippen molar-refractivity contribution < 1.29 is 38.6 Å². The minimum Gasteiger partial charge on any atom is -0.389 e. The Morgan fingerprint density at radius 3 is 1.66 bits per heavy atom. The first kappa shape index (κ1) is 30.9. The van der Waals surface area contributed by atoms with Gasteiger partial charge in [-0.15, -0.1) is 0 Å². The van der Waals surface area contributed by atoms with Gasteiger partial charge in [-0.25, -0.2) is 0 Å². The quantitative estimate of drug-likeness (QED) is 0.257. The summed E-state index contributed by atoms with van der Waals surface area (Å²) in [6.45, 7) is 13.6. The van der Waals surface area contributed by atoms with Crippen LogP contribution in [0.15, 0.2) is 0 Å². The molecule has 0 aliphatic carbocycles. The van der Waals surface area contributed by atoms with Gasteiger partial charge in [0.15, 0.2) is 11.6 Å². The van der Waals surface area contributed by atoms with E-state index in [1.165, 1.54) is 25.7 Å². The van der Waals surface area contributed by atoms with E-state index in [9.17, 15) is 10.2 Å². The normalized spacial score (nSPS) is 25.4. The summed E-state index contributed by atoms with van der Waals surface area (Å²) in [6, 6.07) is 0. The molecule has 9 nitrogen and oxygen atoms in total. The summed E-state index contributed by atoms with van der Waals surface area (Å²) in [5, 5.41) is 21.1. The molecule has 2 fully saturated rings. The summed E-state index contributed by atoms with van der Waals surface area (Å²) < 4.78 is 34.0. The summed E-state index contributed by atoms with van der Waals surface area (Å²) in [4.78, 5) is 2.11. The third-order valence-electron chi connectivity index (χ3n) is 6.13. The van der Waals surface area contributed by atoms with Crippen LogP contribution in [0.3, 0.4) is 0 Å². The third-order valence-corrected chi connectivity index (χ3v) is 6.13. The topological polar surface area (TPSA) is 99.1 Å². The van der Waals surface area contributed by atoms with Crippen LogP contribution < -0.4 is 0 Å². The lowest BCUT2D eigenvalue weighted by Gasteiger charge is -2.27. The van der Waals surface area contributed by atoms with Crippen molar-refractivity contribution in [3.05, 3.63) is 0 Å². The highest BCUT2D eigenvalue weighted by atomic mass is 16.8. The molecule has 2 aliphatic rings. The monoisotopic (exact) mass is 505 g/mol. The number of unbranched alkanes of at least 4 members (excludes halogenated alkanes) is 5. The molecule has 4 unspecified atom stereocenters. The Morgan fingerprint density at radius 1 is 0.771 bits per heavy atom. The van der Waals surface area contributed by atoms with Gasteiger partial charge in [0.1, 0.15) is 12.2 Å². The Bertz CT molecular complexity index is 521. The van der Waals surface area contributed by atoms with E-state index in [2.05, 4.69) is 11.8 Å². The maximum atomic E-state index is 10.6. The van der Waals surface area contributed by atoms with Crippen molar-refractivity contribution in [3.63, 3.8) is 0 Å². The van der Waals surface area contributed by atoms with Gasteiger partial charge in [-0.1, -0.05) is 39.0 Å². The van der Waals surface area contributed by atoms with Gasteiger partial charge >= 0.3 is 0 Å². The van der Waals surface area contributed by atoms with E-state index < -0.39 is 23.8 Å². The predicted molar refractivity (Wildman–Crippen MR) is 133 cm³/mol. The van der Waals surface area contributed by atoms with Crippen molar-refractivity contribution in [2.75, 3.05) is 59.3 Å². The van der Waals surface area contributed by atoms with Crippen LogP contribution in [-0.4, -0.2) is 110 Å². The standard InChI is InChI=1S/C26H51NO8/c1-6-7-8-9-10-11-12-27(13-21(28)15-30-17-23-19-32-25(2,3)34-23)14-22(29)16-31-18-24-20-33-26(4,5)35-24/h21-24,28-29H,6-20H2,1-5H3. The van der Waals surface area contributed by atoms with Crippen molar-refractivity contribution >= 4 is 0 Å². The highest BCUT2D eigenvalue weighted by Gasteiger charge is 2.33. The number of aliphatic hydroxyl groups is 2. The highest BCUT2D eigenvalue weighted by Crippen LogP contribution is 2.23. The van der Waals surface area contributed by atoms with E-state index in [4.69, 9.17) is 28.4 Å². The fourth-order valence-corrected chi connectivity index (χ4v) is 4.44. The molecular formula is C26H51NO8. The van der Waals surface area contributed by atoms with Crippen molar-refractivity contribution in [1.82, 2.24) is 4.90 Å². The van der Waals surface area contributed by atoms with E-state index in [0.717, 1.165) is 19.4 Å². The molecule has 2 heterocycles. The van der Waals surface area contributed by atoms with Gasteiger partial charge < -0.3 is 38.6 Å². The van der Waals surface area contributed by atoms with Crippen LogP contribution >= 0.6 is 0 Å². The van der Waals surface area contributed by atoms with Gasteiger partial charge in [0.2, 0.25) is 0 Å². The highest BCUT2D eigenvalue weighted by molar-refractivity contribution is 4.73. The molecule has 208 valence electrons. The Kier molecular flexibility index (Phi) is 13.9. The van der Waals surface area contributed by atoms with Crippen LogP contribution in [0.5, 0.6) is 0 Å². The molecule has 0 bridgehead atoms. The Labute approximate surface area is 212 Å². The Morgan fingerprint density at radius 2 is 1.23 bits per heavy atom. The van der Waals surface area contributed by atoms with E-state index >= 15 is 0 Å². The second-order valence-corrected chi connectivity index (χ2v) is 10.8. The van der Waals surface area contributed by atoms with Crippen LogP contribution in [-0.2, 0) is 28.4 Å². The smallest absolute Gasteiger partial charge is 0.163 e. The molecule has 2 rings (SSSR count). The molecule has 2 aliphatic heterocycles. The minimum absolute atomic E-state index is 0.116. The van der Waals surface area contributed by atoms with Gasteiger partial charge in [-0.3, -0.25) is 4.90 Å². The number of nitrogens with zero attached hydrogens (tertiary/aromatic N) is 1. The maximum absolute atomic E-state index is 10.6. The molecule has 0 aromatic heterocycles.